The molecule has 0 aliphatic carbocycles. The van der Waals surface area contributed by atoms with E-state index in [4.69, 9.17) is 4.74 Å². The molecule has 0 aliphatic heterocycles. The zero-order valence-corrected chi connectivity index (χ0v) is 14.7. The van der Waals surface area contributed by atoms with Gasteiger partial charge in [0, 0.05) is 5.92 Å². The molecule has 0 bridgehead atoms. The monoisotopic (exact) mass is 310 g/mol. The molecule has 0 saturated carbocycles. The Morgan fingerprint density at radius 1 is 0.913 bits per heavy atom. The topological polar surface area (TPSA) is 26.3 Å². The summed E-state index contributed by atoms with van der Waals surface area (Å²) in [5.41, 5.74) is 4.31. The molecule has 0 spiro atoms. The van der Waals surface area contributed by atoms with E-state index in [1.807, 2.05) is 45.0 Å². The molecule has 0 atom stereocenters. The Labute approximate surface area is 139 Å². The van der Waals surface area contributed by atoms with Crippen LogP contribution in [-0.4, -0.2) is 11.6 Å². The van der Waals surface area contributed by atoms with Crippen LogP contribution in [0.15, 0.2) is 48.5 Å². The first-order chi connectivity index (χ1) is 10.8. The van der Waals surface area contributed by atoms with Gasteiger partial charge in [-0.15, -0.1) is 0 Å². The van der Waals surface area contributed by atoms with E-state index in [-0.39, 0.29) is 11.9 Å². The molecule has 2 aromatic carbocycles. The summed E-state index contributed by atoms with van der Waals surface area (Å²) in [5.74, 6) is -0.138. The minimum atomic E-state index is -0.459. The maximum atomic E-state index is 12.4. The van der Waals surface area contributed by atoms with Gasteiger partial charge in [-0.2, -0.15) is 0 Å². The largest absolute Gasteiger partial charge is 0.460 e. The van der Waals surface area contributed by atoms with Crippen LogP contribution in [0.1, 0.15) is 55.4 Å². The van der Waals surface area contributed by atoms with Gasteiger partial charge in [-0.3, -0.25) is 4.79 Å². The maximum absolute atomic E-state index is 12.4. The Balaban J connectivity index is 2.39. The first-order valence-electron chi connectivity index (χ1n) is 8.11. The van der Waals surface area contributed by atoms with Crippen molar-refractivity contribution in [2.24, 2.45) is 0 Å². The smallest absolute Gasteiger partial charge is 0.307 e. The predicted octanol–water partition coefficient (Wildman–Crippen LogP) is 5.17. The Kier molecular flexibility index (Phi) is 5.25. The van der Waals surface area contributed by atoms with Crippen molar-refractivity contribution >= 4 is 5.97 Å². The lowest BCUT2D eigenvalue weighted by Gasteiger charge is -2.24. The minimum absolute atomic E-state index is 0.0206. The van der Waals surface area contributed by atoms with E-state index in [0.29, 0.717) is 6.42 Å². The maximum Gasteiger partial charge on any atom is 0.307 e. The number of hydrogen-bond acceptors (Lipinski definition) is 2. The van der Waals surface area contributed by atoms with Crippen LogP contribution in [0.3, 0.4) is 0 Å². The SMILES string of the molecule is Cc1ccccc1C(CC(=O)OC(C)(C)C)c1ccccc1C. The van der Waals surface area contributed by atoms with Crippen molar-refractivity contribution in [1.29, 1.82) is 0 Å². The Hall–Kier alpha value is -2.09. The van der Waals surface area contributed by atoms with Gasteiger partial charge in [0.1, 0.15) is 5.60 Å². The summed E-state index contributed by atoms with van der Waals surface area (Å²) in [6.45, 7) is 9.90. The number of hydrogen-bond donors (Lipinski definition) is 0. The second-order valence-electron chi connectivity index (χ2n) is 7.06. The zero-order valence-electron chi connectivity index (χ0n) is 14.7. The summed E-state index contributed by atoms with van der Waals surface area (Å²) in [7, 11) is 0. The molecule has 0 heterocycles. The van der Waals surface area contributed by atoms with Gasteiger partial charge < -0.3 is 4.74 Å². The number of carbonyl (C=O) groups excluding carboxylic acids is 1. The van der Waals surface area contributed by atoms with Gasteiger partial charge in [0.2, 0.25) is 0 Å². The van der Waals surface area contributed by atoms with Gasteiger partial charge in [-0.1, -0.05) is 48.5 Å². The highest BCUT2D eigenvalue weighted by molar-refractivity contribution is 5.72. The molecule has 0 saturated heterocycles. The third-order valence-electron chi connectivity index (χ3n) is 3.92. The van der Waals surface area contributed by atoms with Crippen molar-refractivity contribution in [2.45, 2.75) is 52.6 Å². The number of rotatable bonds is 4. The fraction of sp³-hybridized carbons (Fsp3) is 0.381. The van der Waals surface area contributed by atoms with Crippen molar-refractivity contribution in [1.82, 2.24) is 0 Å². The van der Waals surface area contributed by atoms with Gasteiger partial charge in [0.05, 0.1) is 6.42 Å². The number of ether oxygens (including phenoxy) is 1. The van der Waals surface area contributed by atoms with Gasteiger partial charge >= 0.3 is 5.97 Å². The molecule has 0 radical (unpaired) electrons. The second kappa shape index (κ2) is 6.99. The molecule has 0 aliphatic rings. The lowest BCUT2D eigenvalue weighted by atomic mass is 9.84. The van der Waals surface area contributed by atoms with Crippen molar-refractivity contribution < 1.29 is 9.53 Å². The van der Waals surface area contributed by atoms with E-state index >= 15 is 0 Å². The van der Waals surface area contributed by atoms with Crippen LogP contribution in [0.4, 0.5) is 0 Å². The van der Waals surface area contributed by atoms with Crippen molar-refractivity contribution in [2.75, 3.05) is 0 Å². The van der Waals surface area contributed by atoms with E-state index in [1.165, 1.54) is 22.3 Å². The van der Waals surface area contributed by atoms with Crippen molar-refractivity contribution in [3.05, 3.63) is 70.8 Å². The fourth-order valence-corrected chi connectivity index (χ4v) is 2.89. The molecule has 2 nitrogen and oxygen atoms in total. The average Bonchev–Trinajstić information content (AvgIpc) is 2.44. The van der Waals surface area contributed by atoms with Crippen LogP contribution < -0.4 is 0 Å². The van der Waals surface area contributed by atoms with E-state index in [1.54, 1.807) is 0 Å². The van der Waals surface area contributed by atoms with Crippen molar-refractivity contribution in [3.8, 4) is 0 Å². The highest BCUT2D eigenvalue weighted by Gasteiger charge is 2.24. The summed E-state index contributed by atoms with van der Waals surface area (Å²) in [6.07, 6.45) is 0.354. The first-order valence-corrected chi connectivity index (χ1v) is 8.11. The standard InChI is InChI=1S/C21H26O2/c1-15-10-6-8-12-17(15)19(14-20(22)23-21(3,4)5)18-13-9-7-11-16(18)2/h6-13,19H,14H2,1-5H3. The third kappa shape index (κ3) is 4.69. The quantitative estimate of drug-likeness (QED) is 0.728. The lowest BCUT2D eigenvalue weighted by molar-refractivity contribution is -0.155. The Bertz CT molecular complexity index is 635. The highest BCUT2D eigenvalue weighted by Crippen LogP contribution is 2.33. The number of aryl methyl sites for hydroxylation is 2. The number of esters is 1. The van der Waals surface area contributed by atoms with E-state index in [0.717, 1.165) is 0 Å². The molecule has 0 fully saturated rings. The van der Waals surface area contributed by atoms with Crippen LogP contribution in [0.25, 0.3) is 0 Å². The normalized spacial score (nSPS) is 11.6. The van der Waals surface area contributed by atoms with Crippen LogP contribution >= 0.6 is 0 Å². The molecule has 2 aromatic rings. The van der Waals surface area contributed by atoms with Gasteiger partial charge in [0.15, 0.2) is 0 Å². The van der Waals surface area contributed by atoms with E-state index < -0.39 is 5.60 Å². The predicted molar refractivity (Wildman–Crippen MR) is 94.7 cm³/mol. The molecule has 0 N–H and O–H groups in total. The van der Waals surface area contributed by atoms with E-state index in [2.05, 4.69) is 38.1 Å². The summed E-state index contributed by atoms with van der Waals surface area (Å²) in [4.78, 5) is 12.4. The third-order valence-corrected chi connectivity index (χ3v) is 3.92. The molecule has 0 amide bonds. The summed E-state index contributed by atoms with van der Waals surface area (Å²) in [5, 5.41) is 0. The first kappa shape index (κ1) is 17.3. The second-order valence-corrected chi connectivity index (χ2v) is 7.06. The Morgan fingerprint density at radius 2 is 1.35 bits per heavy atom. The van der Waals surface area contributed by atoms with Crippen LogP contribution in [0.2, 0.25) is 0 Å². The highest BCUT2D eigenvalue weighted by atomic mass is 16.6. The van der Waals surface area contributed by atoms with Gasteiger partial charge in [-0.05, 0) is 56.9 Å². The lowest BCUT2D eigenvalue weighted by Crippen LogP contribution is -2.25. The number of carbonyl (C=O) groups is 1. The summed E-state index contributed by atoms with van der Waals surface area (Å²) in [6, 6.07) is 16.5. The zero-order chi connectivity index (χ0) is 17.0. The molecule has 2 rings (SSSR count). The van der Waals surface area contributed by atoms with Crippen LogP contribution in [0, 0.1) is 13.8 Å². The van der Waals surface area contributed by atoms with Gasteiger partial charge in [-0.25, -0.2) is 0 Å². The number of benzene rings is 2. The Morgan fingerprint density at radius 3 is 1.74 bits per heavy atom. The fourth-order valence-electron chi connectivity index (χ4n) is 2.89. The molecule has 122 valence electrons. The van der Waals surface area contributed by atoms with Crippen LogP contribution in [0.5, 0.6) is 0 Å². The minimum Gasteiger partial charge on any atom is -0.460 e. The summed E-state index contributed by atoms with van der Waals surface area (Å²) < 4.78 is 5.55. The molecule has 0 aromatic heterocycles. The molecule has 0 unspecified atom stereocenters. The van der Waals surface area contributed by atoms with Gasteiger partial charge in [0.25, 0.3) is 0 Å². The molecule has 23 heavy (non-hydrogen) atoms. The van der Waals surface area contributed by atoms with Crippen LogP contribution in [-0.2, 0) is 9.53 Å². The van der Waals surface area contributed by atoms with E-state index in [9.17, 15) is 4.79 Å². The van der Waals surface area contributed by atoms with Crippen molar-refractivity contribution in [3.63, 3.8) is 0 Å². The molecular formula is C21H26O2. The molecule has 2 heteroatoms. The average molecular weight is 310 g/mol. The molecular weight excluding hydrogens is 284 g/mol. The summed E-state index contributed by atoms with van der Waals surface area (Å²) >= 11 is 0.